The second-order valence-corrected chi connectivity index (χ2v) is 5.23. The number of hydrogen-bond donors (Lipinski definition) is 1. The molecule has 0 aliphatic rings. The lowest BCUT2D eigenvalue weighted by molar-refractivity contribution is 0.326. The maximum atomic E-state index is 13.4. The molecule has 0 bridgehead atoms. The molecule has 0 fully saturated rings. The molecule has 3 heteroatoms. The molecule has 1 rings (SSSR count). The smallest absolute Gasteiger partial charge is 0.129 e. The van der Waals surface area contributed by atoms with Gasteiger partial charge in [-0.15, -0.1) is 0 Å². The SMILES string of the molecule is CCC(C)(C)CNCc1c(F)cccc1Cl. The fourth-order valence-corrected chi connectivity index (χ4v) is 1.58. The maximum absolute atomic E-state index is 13.4. The molecular formula is C13H19ClFN. The molecule has 1 aromatic rings. The molecule has 1 N–H and O–H groups in total. The van der Waals surface area contributed by atoms with Crippen molar-refractivity contribution in [1.29, 1.82) is 0 Å². The van der Waals surface area contributed by atoms with Crippen LogP contribution in [0.5, 0.6) is 0 Å². The van der Waals surface area contributed by atoms with E-state index in [1.807, 2.05) is 0 Å². The first-order valence-corrected chi connectivity index (χ1v) is 5.97. The van der Waals surface area contributed by atoms with Crippen molar-refractivity contribution in [3.05, 3.63) is 34.6 Å². The second kappa shape index (κ2) is 5.65. The topological polar surface area (TPSA) is 12.0 Å². The van der Waals surface area contributed by atoms with E-state index in [2.05, 4.69) is 26.1 Å². The predicted molar refractivity (Wildman–Crippen MR) is 67.2 cm³/mol. The maximum Gasteiger partial charge on any atom is 0.129 e. The Kier molecular flexibility index (Phi) is 4.75. The van der Waals surface area contributed by atoms with E-state index in [0.717, 1.165) is 13.0 Å². The van der Waals surface area contributed by atoms with Crippen molar-refractivity contribution in [3.8, 4) is 0 Å². The van der Waals surface area contributed by atoms with Crippen LogP contribution in [-0.4, -0.2) is 6.54 Å². The summed E-state index contributed by atoms with van der Waals surface area (Å²) in [4.78, 5) is 0. The van der Waals surface area contributed by atoms with E-state index < -0.39 is 0 Å². The Morgan fingerprint density at radius 3 is 2.62 bits per heavy atom. The van der Waals surface area contributed by atoms with Crippen molar-refractivity contribution in [1.82, 2.24) is 5.32 Å². The van der Waals surface area contributed by atoms with E-state index in [4.69, 9.17) is 11.6 Å². The van der Waals surface area contributed by atoms with Crippen LogP contribution in [0.2, 0.25) is 5.02 Å². The fraction of sp³-hybridized carbons (Fsp3) is 0.538. The highest BCUT2D eigenvalue weighted by Gasteiger charge is 2.15. The van der Waals surface area contributed by atoms with Crippen LogP contribution in [0.15, 0.2) is 18.2 Å². The Bertz CT molecular complexity index is 330. The Balaban J connectivity index is 2.56. The minimum absolute atomic E-state index is 0.234. The molecule has 0 atom stereocenters. The molecule has 0 heterocycles. The average molecular weight is 244 g/mol. The first-order chi connectivity index (χ1) is 7.46. The summed E-state index contributed by atoms with van der Waals surface area (Å²) in [5.41, 5.74) is 0.786. The van der Waals surface area contributed by atoms with Gasteiger partial charge in [0.1, 0.15) is 5.82 Å². The molecule has 0 amide bonds. The Morgan fingerprint density at radius 2 is 2.06 bits per heavy atom. The van der Waals surface area contributed by atoms with Gasteiger partial charge < -0.3 is 5.32 Å². The Morgan fingerprint density at radius 1 is 1.38 bits per heavy atom. The van der Waals surface area contributed by atoms with Crippen molar-refractivity contribution in [2.24, 2.45) is 5.41 Å². The lowest BCUT2D eigenvalue weighted by atomic mass is 9.90. The molecule has 1 aromatic carbocycles. The average Bonchev–Trinajstić information content (AvgIpc) is 2.22. The highest BCUT2D eigenvalue weighted by molar-refractivity contribution is 6.31. The van der Waals surface area contributed by atoms with Gasteiger partial charge in [0.2, 0.25) is 0 Å². The molecule has 1 nitrogen and oxygen atoms in total. The van der Waals surface area contributed by atoms with Gasteiger partial charge in [-0.3, -0.25) is 0 Å². The molecule has 0 aliphatic heterocycles. The molecule has 0 unspecified atom stereocenters. The van der Waals surface area contributed by atoms with Crippen LogP contribution in [0.25, 0.3) is 0 Å². The van der Waals surface area contributed by atoms with Crippen molar-refractivity contribution in [2.75, 3.05) is 6.54 Å². The lowest BCUT2D eigenvalue weighted by Crippen LogP contribution is -2.28. The monoisotopic (exact) mass is 243 g/mol. The first kappa shape index (κ1) is 13.5. The fourth-order valence-electron chi connectivity index (χ4n) is 1.35. The highest BCUT2D eigenvalue weighted by Crippen LogP contribution is 2.21. The van der Waals surface area contributed by atoms with Crippen LogP contribution < -0.4 is 5.32 Å². The number of benzene rings is 1. The lowest BCUT2D eigenvalue weighted by Gasteiger charge is -2.23. The van der Waals surface area contributed by atoms with Crippen LogP contribution in [0, 0.1) is 11.2 Å². The summed E-state index contributed by atoms with van der Waals surface area (Å²) >= 11 is 5.93. The molecule has 0 saturated carbocycles. The zero-order valence-electron chi connectivity index (χ0n) is 10.1. The van der Waals surface area contributed by atoms with Gasteiger partial charge in [-0.1, -0.05) is 38.4 Å². The van der Waals surface area contributed by atoms with E-state index in [9.17, 15) is 4.39 Å². The first-order valence-electron chi connectivity index (χ1n) is 5.60. The molecule has 0 radical (unpaired) electrons. The number of halogens is 2. The summed E-state index contributed by atoms with van der Waals surface area (Å²) in [7, 11) is 0. The van der Waals surface area contributed by atoms with Gasteiger partial charge in [0.25, 0.3) is 0 Å². The minimum atomic E-state index is -0.241. The van der Waals surface area contributed by atoms with Crippen molar-refractivity contribution in [3.63, 3.8) is 0 Å². The minimum Gasteiger partial charge on any atom is -0.312 e. The summed E-state index contributed by atoms with van der Waals surface area (Å²) in [6.45, 7) is 7.85. The highest BCUT2D eigenvalue weighted by atomic mass is 35.5. The third kappa shape index (κ3) is 3.76. The van der Waals surface area contributed by atoms with E-state index in [1.54, 1.807) is 12.1 Å². The Hall–Kier alpha value is -0.600. The van der Waals surface area contributed by atoms with Gasteiger partial charge >= 0.3 is 0 Å². The van der Waals surface area contributed by atoms with Gasteiger partial charge in [0, 0.05) is 23.7 Å². The van der Waals surface area contributed by atoms with Crippen molar-refractivity contribution < 1.29 is 4.39 Å². The van der Waals surface area contributed by atoms with Gasteiger partial charge in [0.15, 0.2) is 0 Å². The van der Waals surface area contributed by atoms with Crippen molar-refractivity contribution >= 4 is 11.6 Å². The summed E-state index contributed by atoms with van der Waals surface area (Å²) < 4.78 is 13.4. The van der Waals surface area contributed by atoms with Gasteiger partial charge in [-0.2, -0.15) is 0 Å². The van der Waals surface area contributed by atoms with Crippen LogP contribution >= 0.6 is 11.6 Å². The van der Waals surface area contributed by atoms with Gasteiger partial charge in [-0.25, -0.2) is 4.39 Å². The number of rotatable bonds is 5. The van der Waals surface area contributed by atoms with Crippen LogP contribution in [0.3, 0.4) is 0 Å². The summed E-state index contributed by atoms with van der Waals surface area (Å²) in [6, 6.07) is 4.78. The summed E-state index contributed by atoms with van der Waals surface area (Å²) in [5.74, 6) is -0.241. The zero-order chi connectivity index (χ0) is 12.2. The van der Waals surface area contributed by atoms with Crippen molar-refractivity contribution in [2.45, 2.75) is 33.7 Å². The molecule has 16 heavy (non-hydrogen) atoms. The third-order valence-electron chi connectivity index (χ3n) is 2.92. The van der Waals surface area contributed by atoms with Crippen LogP contribution in [0.4, 0.5) is 4.39 Å². The van der Waals surface area contributed by atoms with Gasteiger partial charge in [0.05, 0.1) is 0 Å². The quantitative estimate of drug-likeness (QED) is 0.824. The molecule has 90 valence electrons. The normalized spacial score (nSPS) is 11.8. The number of nitrogens with one attached hydrogen (secondary N) is 1. The summed E-state index contributed by atoms with van der Waals surface area (Å²) in [5, 5.41) is 3.74. The molecule has 0 saturated heterocycles. The van der Waals surface area contributed by atoms with E-state index in [1.165, 1.54) is 6.07 Å². The number of hydrogen-bond acceptors (Lipinski definition) is 1. The van der Waals surface area contributed by atoms with Crippen LogP contribution in [-0.2, 0) is 6.54 Å². The largest absolute Gasteiger partial charge is 0.312 e. The van der Waals surface area contributed by atoms with E-state index in [0.29, 0.717) is 17.1 Å². The molecule has 0 spiro atoms. The molecule has 0 aromatic heterocycles. The second-order valence-electron chi connectivity index (χ2n) is 4.82. The zero-order valence-corrected chi connectivity index (χ0v) is 10.9. The third-order valence-corrected chi connectivity index (χ3v) is 3.28. The Labute approximate surface area is 102 Å². The van der Waals surface area contributed by atoms with E-state index >= 15 is 0 Å². The van der Waals surface area contributed by atoms with Gasteiger partial charge in [-0.05, 0) is 24.0 Å². The summed E-state index contributed by atoms with van der Waals surface area (Å²) in [6.07, 6.45) is 1.09. The molecule has 0 aliphatic carbocycles. The molecular weight excluding hydrogens is 225 g/mol. The predicted octanol–water partition coefficient (Wildman–Crippen LogP) is 4.00. The van der Waals surface area contributed by atoms with E-state index in [-0.39, 0.29) is 11.2 Å². The standard InChI is InChI=1S/C13H19ClFN/c1-4-13(2,3)9-16-8-10-11(14)6-5-7-12(10)15/h5-7,16H,4,8-9H2,1-3H3. The van der Waals surface area contributed by atoms with Crippen LogP contribution in [0.1, 0.15) is 32.8 Å².